The Morgan fingerprint density at radius 3 is 3.12 bits per heavy atom. The summed E-state index contributed by atoms with van der Waals surface area (Å²) in [6.45, 7) is 1.80. The molecule has 0 saturated carbocycles. The van der Waals surface area contributed by atoms with Gasteiger partial charge in [0.25, 0.3) is 0 Å². The third-order valence-corrected chi connectivity index (χ3v) is 2.67. The number of nitrogens with two attached hydrogens (primary N) is 1. The molecule has 1 unspecified atom stereocenters. The van der Waals surface area contributed by atoms with Crippen LogP contribution in [0.4, 0.5) is 10.5 Å². The van der Waals surface area contributed by atoms with E-state index in [4.69, 9.17) is 10.5 Å². The number of anilines is 1. The van der Waals surface area contributed by atoms with E-state index in [2.05, 4.69) is 10.6 Å². The number of nitrogen functional groups attached to an aromatic ring is 1. The Hall–Kier alpha value is -1.75. The largest absolute Gasteiger partial charge is 0.399 e. The lowest BCUT2D eigenvalue weighted by Crippen LogP contribution is -2.42. The molecule has 0 radical (unpaired) electrons. The number of benzene rings is 1. The van der Waals surface area contributed by atoms with Crippen molar-refractivity contribution in [2.24, 2.45) is 0 Å². The molecule has 4 N–H and O–H groups in total. The van der Waals surface area contributed by atoms with Crippen molar-refractivity contribution in [3.63, 3.8) is 0 Å². The highest BCUT2D eigenvalue weighted by Gasteiger charge is 2.17. The van der Waals surface area contributed by atoms with E-state index in [1.807, 2.05) is 24.3 Å². The fraction of sp³-hybridized carbons (Fsp3) is 0.417. The van der Waals surface area contributed by atoms with Crippen LogP contribution in [0.2, 0.25) is 0 Å². The van der Waals surface area contributed by atoms with E-state index in [-0.39, 0.29) is 12.1 Å². The van der Waals surface area contributed by atoms with Crippen LogP contribution in [-0.2, 0) is 11.3 Å². The summed E-state index contributed by atoms with van der Waals surface area (Å²) in [5.41, 5.74) is 7.34. The molecule has 1 aromatic carbocycles. The molecule has 0 bridgehead atoms. The zero-order chi connectivity index (χ0) is 12.1. The number of ether oxygens (including phenoxy) is 1. The van der Waals surface area contributed by atoms with Crippen molar-refractivity contribution in [1.82, 2.24) is 10.6 Å². The van der Waals surface area contributed by atoms with Crippen molar-refractivity contribution >= 4 is 11.7 Å². The average molecular weight is 235 g/mol. The van der Waals surface area contributed by atoms with Gasteiger partial charge < -0.3 is 21.1 Å². The van der Waals surface area contributed by atoms with Crippen molar-refractivity contribution < 1.29 is 9.53 Å². The molecular formula is C12H17N3O2. The maximum absolute atomic E-state index is 11.5. The summed E-state index contributed by atoms with van der Waals surface area (Å²) in [6, 6.07) is 7.43. The highest BCUT2D eigenvalue weighted by atomic mass is 16.5. The summed E-state index contributed by atoms with van der Waals surface area (Å²) in [5, 5.41) is 5.65. The second-order valence-corrected chi connectivity index (χ2v) is 4.13. The molecule has 1 heterocycles. The molecule has 5 heteroatoms. The van der Waals surface area contributed by atoms with Crippen molar-refractivity contribution in [3.05, 3.63) is 29.8 Å². The van der Waals surface area contributed by atoms with E-state index in [9.17, 15) is 4.79 Å². The number of nitrogens with one attached hydrogen (secondary N) is 2. The molecule has 1 atom stereocenters. The van der Waals surface area contributed by atoms with Crippen LogP contribution in [0.3, 0.4) is 0 Å². The molecule has 1 aromatic rings. The topological polar surface area (TPSA) is 76.4 Å². The van der Waals surface area contributed by atoms with E-state index >= 15 is 0 Å². The first kappa shape index (κ1) is 11.7. The quantitative estimate of drug-likeness (QED) is 0.680. The third-order valence-electron chi connectivity index (χ3n) is 2.67. The summed E-state index contributed by atoms with van der Waals surface area (Å²) in [4.78, 5) is 11.5. The molecule has 17 heavy (non-hydrogen) atoms. The Morgan fingerprint density at radius 1 is 1.53 bits per heavy atom. The maximum Gasteiger partial charge on any atom is 0.315 e. The fourth-order valence-corrected chi connectivity index (χ4v) is 1.77. The van der Waals surface area contributed by atoms with Gasteiger partial charge in [-0.15, -0.1) is 0 Å². The van der Waals surface area contributed by atoms with Crippen LogP contribution in [0.1, 0.15) is 12.0 Å². The van der Waals surface area contributed by atoms with Gasteiger partial charge in [0.2, 0.25) is 0 Å². The van der Waals surface area contributed by atoms with Crippen LogP contribution in [0.15, 0.2) is 24.3 Å². The van der Waals surface area contributed by atoms with E-state index in [1.165, 1.54) is 0 Å². The molecule has 1 aliphatic rings. The van der Waals surface area contributed by atoms with Crippen molar-refractivity contribution in [3.8, 4) is 0 Å². The van der Waals surface area contributed by atoms with Gasteiger partial charge in [-0.3, -0.25) is 0 Å². The second kappa shape index (κ2) is 5.54. The highest BCUT2D eigenvalue weighted by Crippen LogP contribution is 2.06. The predicted molar refractivity (Wildman–Crippen MR) is 65.4 cm³/mol. The minimum Gasteiger partial charge on any atom is -0.399 e. The molecule has 0 aromatic heterocycles. The van der Waals surface area contributed by atoms with Gasteiger partial charge in [0.15, 0.2) is 0 Å². The minimum absolute atomic E-state index is 0.135. The smallest absolute Gasteiger partial charge is 0.315 e. The van der Waals surface area contributed by atoms with Crippen LogP contribution < -0.4 is 16.4 Å². The monoisotopic (exact) mass is 235 g/mol. The van der Waals surface area contributed by atoms with Crippen LogP contribution >= 0.6 is 0 Å². The predicted octanol–water partition coefficient (Wildman–Crippen LogP) is 0.857. The van der Waals surface area contributed by atoms with Crippen LogP contribution in [0, 0.1) is 0 Å². The second-order valence-electron chi connectivity index (χ2n) is 4.13. The van der Waals surface area contributed by atoms with Crippen molar-refractivity contribution in [2.45, 2.75) is 19.0 Å². The number of hydrogen-bond donors (Lipinski definition) is 3. The zero-order valence-electron chi connectivity index (χ0n) is 9.61. The first-order valence-corrected chi connectivity index (χ1v) is 5.70. The normalized spacial score (nSPS) is 18.9. The molecule has 1 fully saturated rings. The summed E-state index contributed by atoms with van der Waals surface area (Å²) < 4.78 is 5.18. The van der Waals surface area contributed by atoms with Gasteiger partial charge in [-0.1, -0.05) is 12.1 Å². The first-order valence-electron chi connectivity index (χ1n) is 5.70. The highest BCUT2D eigenvalue weighted by molar-refractivity contribution is 5.74. The lowest BCUT2D eigenvalue weighted by Gasteiger charge is -2.12. The first-order chi connectivity index (χ1) is 8.24. The Labute approximate surface area is 100 Å². The Morgan fingerprint density at radius 2 is 2.41 bits per heavy atom. The van der Waals surface area contributed by atoms with Gasteiger partial charge in [-0.05, 0) is 24.1 Å². The minimum atomic E-state index is -0.164. The number of amides is 2. The molecule has 0 aliphatic carbocycles. The third kappa shape index (κ3) is 3.64. The van der Waals surface area contributed by atoms with Gasteiger partial charge in [0.05, 0.1) is 12.6 Å². The van der Waals surface area contributed by atoms with Crippen LogP contribution in [0.25, 0.3) is 0 Å². The Kier molecular flexibility index (Phi) is 3.82. The lowest BCUT2D eigenvalue weighted by molar-refractivity contribution is 0.188. The standard InChI is InChI=1S/C12H17N3O2/c13-10-3-1-2-9(6-10)7-14-12(16)15-11-4-5-17-8-11/h1-3,6,11H,4-5,7-8,13H2,(H2,14,15,16). The molecule has 0 spiro atoms. The summed E-state index contributed by atoms with van der Waals surface area (Å²) in [7, 11) is 0. The van der Waals surface area contributed by atoms with E-state index in [0.717, 1.165) is 18.6 Å². The van der Waals surface area contributed by atoms with E-state index in [0.29, 0.717) is 18.8 Å². The molecule has 1 aliphatic heterocycles. The molecule has 92 valence electrons. The van der Waals surface area contributed by atoms with Crippen LogP contribution in [0.5, 0.6) is 0 Å². The van der Waals surface area contributed by atoms with Gasteiger partial charge >= 0.3 is 6.03 Å². The van der Waals surface area contributed by atoms with E-state index in [1.54, 1.807) is 0 Å². The molecule has 1 saturated heterocycles. The van der Waals surface area contributed by atoms with E-state index < -0.39 is 0 Å². The number of carbonyl (C=O) groups excluding carboxylic acids is 1. The Bertz CT molecular complexity index is 389. The average Bonchev–Trinajstić information content (AvgIpc) is 2.79. The number of rotatable bonds is 3. The lowest BCUT2D eigenvalue weighted by atomic mass is 10.2. The van der Waals surface area contributed by atoms with Gasteiger partial charge in [-0.25, -0.2) is 4.79 Å². The number of urea groups is 1. The number of hydrogen-bond acceptors (Lipinski definition) is 3. The van der Waals surface area contributed by atoms with Gasteiger partial charge in [0.1, 0.15) is 0 Å². The molecule has 5 nitrogen and oxygen atoms in total. The van der Waals surface area contributed by atoms with Gasteiger partial charge in [-0.2, -0.15) is 0 Å². The summed E-state index contributed by atoms with van der Waals surface area (Å²) in [5.74, 6) is 0. The molecule has 2 amide bonds. The SMILES string of the molecule is Nc1cccc(CNC(=O)NC2CCOC2)c1. The van der Waals surface area contributed by atoms with Crippen molar-refractivity contribution in [2.75, 3.05) is 18.9 Å². The fourth-order valence-electron chi connectivity index (χ4n) is 1.77. The number of carbonyl (C=O) groups is 1. The van der Waals surface area contributed by atoms with Crippen LogP contribution in [-0.4, -0.2) is 25.3 Å². The maximum atomic E-state index is 11.5. The summed E-state index contributed by atoms with van der Waals surface area (Å²) in [6.07, 6.45) is 0.881. The van der Waals surface area contributed by atoms with Gasteiger partial charge in [0, 0.05) is 18.8 Å². The summed E-state index contributed by atoms with van der Waals surface area (Å²) >= 11 is 0. The molecular weight excluding hydrogens is 218 g/mol. The zero-order valence-corrected chi connectivity index (χ0v) is 9.61. The molecule has 2 rings (SSSR count). The van der Waals surface area contributed by atoms with Crippen molar-refractivity contribution in [1.29, 1.82) is 0 Å². The Balaban J connectivity index is 1.75.